The van der Waals surface area contributed by atoms with Crippen LogP contribution in [-0.2, 0) is 4.79 Å². The first kappa shape index (κ1) is 14.8. The van der Waals surface area contributed by atoms with Crippen molar-refractivity contribution in [2.45, 2.75) is 36.0 Å². The molecule has 0 aliphatic heterocycles. The second kappa shape index (κ2) is 6.36. The number of carbonyl (C=O) groups is 2. The van der Waals surface area contributed by atoms with Gasteiger partial charge in [-0.05, 0) is 31.9 Å². The molecule has 2 aromatic rings. The highest BCUT2D eigenvalue weighted by Crippen LogP contribution is 2.29. The molecule has 114 valence electrons. The molecular weight excluding hydrogens is 298 g/mol. The van der Waals surface area contributed by atoms with Gasteiger partial charge in [-0.1, -0.05) is 18.2 Å². The third kappa shape index (κ3) is 3.57. The standard InChI is InChI=1S/C16H17N3O2S/c1-10(15(20)19-16(21)18-12-7-8-12)22-13-6-2-4-11-5-3-9-17-14(11)13/h2-6,9-10,12H,7-8H2,1H3,(H2,18,19,20,21)/t10-/m0/s1. The molecule has 3 rings (SSSR count). The zero-order valence-electron chi connectivity index (χ0n) is 12.2. The molecule has 0 spiro atoms. The number of nitrogens with zero attached hydrogens (tertiary/aromatic N) is 1. The minimum absolute atomic E-state index is 0.234. The number of hydrogen-bond acceptors (Lipinski definition) is 4. The monoisotopic (exact) mass is 315 g/mol. The Labute approximate surface area is 132 Å². The normalized spacial score (nSPS) is 15.3. The van der Waals surface area contributed by atoms with E-state index < -0.39 is 6.03 Å². The van der Waals surface area contributed by atoms with Crippen molar-refractivity contribution in [1.29, 1.82) is 0 Å². The van der Waals surface area contributed by atoms with Gasteiger partial charge in [-0.15, -0.1) is 11.8 Å². The molecule has 2 N–H and O–H groups in total. The number of carbonyl (C=O) groups excluding carboxylic acids is 2. The summed E-state index contributed by atoms with van der Waals surface area (Å²) in [6, 6.07) is 9.56. The van der Waals surface area contributed by atoms with Crippen molar-refractivity contribution in [3.63, 3.8) is 0 Å². The lowest BCUT2D eigenvalue weighted by molar-refractivity contribution is -0.119. The highest BCUT2D eigenvalue weighted by Gasteiger charge is 2.25. The van der Waals surface area contributed by atoms with Crippen LogP contribution in [-0.4, -0.2) is 28.2 Å². The fraction of sp³-hybridized carbons (Fsp3) is 0.312. The Hall–Kier alpha value is -2.08. The maximum atomic E-state index is 12.1. The maximum absolute atomic E-state index is 12.1. The first-order chi connectivity index (χ1) is 10.6. The Morgan fingerprint density at radius 3 is 2.82 bits per heavy atom. The molecule has 1 aromatic heterocycles. The van der Waals surface area contributed by atoms with Gasteiger partial charge in [0.1, 0.15) is 0 Å². The van der Waals surface area contributed by atoms with Crippen molar-refractivity contribution >= 4 is 34.6 Å². The first-order valence-corrected chi connectivity index (χ1v) is 8.13. The van der Waals surface area contributed by atoms with Gasteiger partial charge in [0.05, 0.1) is 10.8 Å². The molecule has 1 atom stereocenters. The Balaban J connectivity index is 1.65. The summed E-state index contributed by atoms with van der Waals surface area (Å²) in [4.78, 5) is 29.0. The lowest BCUT2D eigenvalue weighted by atomic mass is 10.2. The van der Waals surface area contributed by atoms with Gasteiger partial charge in [0.2, 0.25) is 5.91 Å². The van der Waals surface area contributed by atoms with Crippen LogP contribution in [0.1, 0.15) is 19.8 Å². The number of nitrogens with one attached hydrogen (secondary N) is 2. The largest absolute Gasteiger partial charge is 0.335 e. The van der Waals surface area contributed by atoms with Crippen LogP contribution in [0.4, 0.5) is 4.79 Å². The lowest BCUT2D eigenvalue weighted by Gasteiger charge is -2.12. The number of para-hydroxylation sites is 1. The number of urea groups is 1. The molecule has 0 saturated heterocycles. The zero-order chi connectivity index (χ0) is 15.5. The summed E-state index contributed by atoms with van der Waals surface area (Å²) in [6.45, 7) is 1.78. The third-order valence-corrected chi connectivity index (χ3v) is 4.57. The summed E-state index contributed by atoms with van der Waals surface area (Å²) in [5, 5.41) is 5.79. The number of benzene rings is 1. The second-order valence-electron chi connectivity index (χ2n) is 5.33. The number of amides is 3. The molecule has 3 amide bonds. The van der Waals surface area contributed by atoms with Crippen LogP contribution in [0.3, 0.4) is 0 Å². The minimum atomic E-state index is -0.406. The van der Waals surface area contributed by atoms with Crippen LogP contribution < -0.4 is 10.6 Å². The Morgan fingerprint density at radius 1 is 1.27 bits per heavy atom. The number of imide groups is 1. The van der Waals surface area contributed by atoms with Crippen LogP contribution in [0.5, 0.6) is 0 Å². The van der Waals surface area contributed by atoms with Gasteiger partial charge in [-0.2, -0.15) is 0 Å². The molecule has 0 bridgehead atoms. The van der Waals surface area contributed by atoms with Crippen LogP contribution in [0.25, 0.3) is 10.9 Å². The van der Waals surface area contributed by atoms with E-state index in [0.717, 1.165) is 28.6 Å². The van der Waals surface area contributed by atoms with E-state index in [-0.39, 0.29) is 17.2 Å². The van der Waals surface area contributed by atoms with Crippen molar-refractivity contribution in [1.82, 2.24) is 15.6 Å². The Morgan fingerprint density at radius 2 is 2.05 bits per heavy atom. The Kier molecular flexibility index (Phi) is 4.29. The van der Waals surface area contributed by atoms with E-state index in [4.69, 9.17) is 0 Å². The Bertz CT molecular complexity index is 710. The number of aromatic nitrogens is 1. The minimum Gasteiger partial charge on any atom is -0.335 e. The molecule has 6 heteroatoms. The molecule has 0 unspecified atom stereocenters. The molecule has 1 fully saturated rings. The van der Waals surface area contributed by atoms with Gasteiger partial charge >= 0.3 is 6.03 Å². The SMILES string of the molecule is C[C@H](Sc1cccc2cccnc12)C(=O)NC(=O)NC1CC1. The van der Waals surface area contributed by atoms with Crippen LogP contribution in [0, 0.1) is 0 Å². The van der Waals surface area contributed by atoms with Gasteiger partial charge in [0.25, 0.3) is 0 Å². The number of pyridine rings is 1. The molecule has 1 heterocycles. The number of hydrogen-bond donors (Lipinski definition) is 2. The lowest BCUT2D eigenvalue weighted by Crippen LogP contribution is -2.43. The van der Waals surface area contributed by atoms with E-state index in [1.165, 1.54) is 11.8 Å². The molecule has 22 heavy (non-hydrogen) atoms. The quantitative estimate of drug-likeness (QED) is 0.851. The van der Waals surface area contributed by atoms with Gasteiger partial charge < -0.3 is 5.32 Å². The fourth-order valence-corrected chi connectivity index (χ4v) is 3.06. The summed E-state index contributed by atoms with van der Waals surface area (Å²) in [6.07, 6.45) is 3.72. The highest BCUT2D eigenvalue weighted by atomic mass is 32.2. The van der Waals surface area contributed by atoms with E-state index >= 15 is 0 Å². The average molecular weight is 315 g/mol. The van der Waals surface area contributed by atoms with Gasteiger partial charge in [-0.25, -0.2) is 4.79 Å². The summed E-state index contributed by atoms with van der Waals surface area (Å²) >= 11 is 1.40. The molecular formula is C16H17N3O2S. The second-order valence-corrected chi connectivity index (χ2v) is 6.71. The molecule has 1 saturated carbocycles. The molecule has 5 nitrogen and oxygen atoms in total. The van der Waals surface area contributed by atoms with Crippen molar-refractivity contribution < 1.29 is 9.59 Å². The van der Waals surface area contributed by atoms with E-state index in [9.17, 15) is 9.59 Å². The van der Waals surface area contributed by atoms with Crippen molar-refractivity contribution in [3.8, 4) is 0 Å². The smallest absolute Gasteiger partial charge is 0.321 e. The van der Waals surface area contributed by atoms with Crippen molar-refractivity contribution in [2.24, 2.45) is 0 Å². The number of rotatable bonds is 4. The average Bonchev–Trinajstić information content (AvgIpc) is 3.31. The van der Waals surface area contributed by atoms with Gasteiger partial charge in [-0.3, -0.25) is 15.1 Å². The van der Waals surface area contributed by atoms with E-state index in [0.29, 0.717) is 0 Å². The predicted molar refractivity (Wildman–Crippen MR) is 86.8 cm³/mol. The summed E-state index contributed by atoms with van der Waals surface area (Å²) in [7, 11) is 0. The molecule has 1 aliphatic rings. The van der Waals surface area contributed by atoms with Crippen molar-refractivity contribution in [2.75, 3.05) is 0 Å². The van der Waals surface area contributed by atoms with E-state index in [1.54, 1.807) is 13.1 Å². The first-order valence-electron chi connectivity index (χ1n) is 7.25. The molecule has 0 radical (unpaired) electrons. The van der Waals surface area contributed by atoms with E-state index in [2.05, 4.69) is 15.6 Å². The summed E-state index contributed by atoms with van der Waals surface area (Å²) in [5.74, 6) is -0.295. The summed E-state index contributed by atoms with van der Waals surface area (Å²) in [5.41, 5.74) is 0.872. The third-order valence-electron chi connectivity index (χ3n) is 3.42. The van der Waals surface area contributed by atoms with Gasteiger partial charge in [0, 0.05) is 22.5 Å². The fourth-order valence-electron chi connectivity index (χ4n) is 2.08. The topological polar surface area (TPSA) is 71.1 Å². The summed E-state index contributed by atoms with van der Waals surface area (Å²) < 4.78 is 0. The zero-order valence-corrected chi connectivity index (χ0v) is 13.0. The highest BCUT2D eigenvalue weighted by molar-refractivity contribution is 8.00. The van der Waals surface area contributed by atoms with Crippen LogP contribution in [0.2, 0.25) is 0 Å². The van der Waals surface area contributed by atoms with E-state index in [1.807, 2.05) is 30.3 Å². The van der Waals surface area contributed by atoms with Crippen LogP contribution in [0.15, 0.2) is 41.4 Å². The molecule has 1 aromatic carbocycles. The number of fused-ring (bicyclic) bond motifs is 1. The van der Waals surface area contributed by atoms with Crippen molar-refractivity contribution in [3.05, 3.63) is 36.5 Å². The van der Waals surface area contributed by atoms with Gasteiger partial charge in [0.15, 0.2) is 0 Å². The maximum Gasteiger partial charge on any atom is 0.321 e. The number of thioether (sulfide) groups is 1. The molecule has 1 aliphatic carbocycles. The predicted octanol–water partition coefficient (Wildman–Crippen LogP) is 2.70. The van der Waals surface area contributed by atoms with Crippen LogP contribution >= 0.6 is 11.8 Å².